The predicted molar refractivity (Wildman–Crippen MR) is 53.6 cm³/mol. The van der Waals surface area contributed by atoms with Crippen molar-refractivity contribution in [3.63, 3.8) is 0 Å². The Morgan fingerprint density at radius 1 is 1.38 bits per heavy atom. The molecule has 2 N–H and O–H groups in total. The van der Waals surface area contributed by atoms with Crippen molar-refractivity contribution in [2.75, 3.05) is 0 Å². The van der Waals surface area contributed by atoms with Crippen molar-refractivity contribution >= 4 is 0 Å². The van der Waals surface area contributed by atoms with E-state index in [0.717, 1.165) is 18.4 Å². The number of hydrogen-bond donors (Lipinski definition) is 2. The monoisotopic (exact) mass is 181 g/mol. The van der Waals surface area contributed by atoms with Gasteiger partial charge in [0.15, 0.2) is 0 Å². The van der Waals surface area contributed by atoms with Crippen LogP contribution in [0.15, 0.2) is 11.6 Å². The first-order valence-corrected chi connectivity index (χ1v) is 5.26. The highest BCUT2D eigenvalue weighted by Gasteiger charge is 2.42. The van der Waals surface area contributed by atoms with Gasteiger partial charge in [0.1, 0.15) is 0 Å². The Morgan fingerprint density at radius 2 is 1.92 bits per heavy atom. The van der Waals surface area contributed by atoms with Crippen molar-refractivity contribution < 1.29 is 5.11 Å². The fourth-order valence-electron chi connectivity index (χ4n) is 2.71. The van der Waals surface area contributed by atoms with Gasteiger partial charge in [0.2, 0.25) is 0 Å². The van der Waals surface area contributed by atoms with Gasteiger partial charge in [-0.05, 0) is 45.1 Å². The summed E-state index contributed by atoms with van der Waals surface area (Å²) in [5, 5.41) is 13.9. The average molecular weight is 181 g/mol. The average Bonchev–Trinajstić information content (AvgIpc) is 2.44. The maximum atomic E-state index is 10.4. The minimum Gasteiger partial charge on any atom is -0.385 e. The Kier molecular flexibility index (Phi) is 2.20. The molecule has 2 heteroatoms. The molecule has 0 amide bonds. The molecule has 2 aliphatic rings. The molecule has 0 aromatic rings. The summed E-state index contributed by atoms with van der Waals surface area (Å²) in [7, 11) is 0. The SMILES string of the molecule is CC=C(C)C1(O)CC2CCC(C1)N2. The van der Waals surface area contributed by atoms with E-state index in [9.17, 15) is 5.11 Å². The zero-order valence-electron chi connectivity index (χ0n) is 8.51. The number of nitrogens with one attached hydrogen (secondary N) is 1. The van der Waals surface area contributed by atoms with Crippen LogP contribution >= 0.6 is 0 Å². The summed E-state index contributed by atoms with van der Waals surface area (Å²) < 4.78 is 0. The first kappa shape index (κ1) is 9.22. The standard InChI is InChI=1S/C11H19NO/c1-3-8(2)11(13)6-9-4-5-10(7-11)12-9/h3,9-10,12-13H,4-7H2,1-2H3. The van der Waals surface area contributed by atoms with E-state index in [2.05, 4.69) is 5.32 Å². The second kappa shape index (κ2) is 3.10. The summed E-state index contributed by atoms with van der Waals surface area (Å²) >= 11 is 0. The number of allylic oxidation sites excluding steroid dienone is 1. The van der Waals surface area contributed by atoms with Gasteiger partial charge in [-0.1, -0.05) is 6.08 Å². The van der Waals surface area contributed by atoms with E-state index in [-0.39, 0.29) is 0 Å². The van der Waals surface area contributed by atoms with Gasteiger partial charge in [-0.25, -0.2) is 0 Å². The summed E-state index contributed by atoms with van der Waals surface area (Å²) in [6, 6.07) is 1.11. The minimum absolute atomic E-state index is 0.508. The van der Waals surface area contributed by atoms with Gasteiger partial charge in [0.05, 0.1) is 5.60 Å². The van der Waals surface area contributed by atoms with Crippen molar-refractivity contribution in [1.82, 2.24) is 5.32 Å². The zero-order chi connectivity index (χ0) is 9.47. The first-order valence-electron chi connectivity index (χ1n) is 5.26. The van der Waals surface area contributed by atoms with E-state index in [1.54, 1.807) is 0 Å². The molecule has 0 aromatic carbocycles. The first-order chi connectivity index (χ1) is 6.14. The van der Waals surface area contributed by atoms with Crippen molar-refractivity contribution in [1.29, 1.82) is 0 Å². The molecule has 2 nitrogen and oxygen atoms in total. The molecular weight excluding hydrogens is 162 g/mol. The third kappa shape index (κ3) is 1.53. The zero-order valence-corrected chi connectivity index (χ0v) is 8.51. The van der Waals surface area contributed by atoms with Crippen LogP contribution in [0.1, 0.15) is 39.5 Å². The van der Waals surface area contributed by atoms with Gasteiger partial charge in [-0.2, -0.15) is 0 Å². The predicted octanol–water partition coefficient (Wildman–Crippen LogP) is 1.60. The number of rotatable bonds is 1. The fourth-order valence-corrected chi connectivity index (χ4v) is 2.71. The van der Waals surface area contributed by atoms with Crippen LogP contribution in [-0.4, -0.2) is 22.8 Å². The second-order valence-corrected chi connectivity index (χ2v) is 4.55. The summed E-state index contributed by atoms with van der Waals surface area (Å²) in [6.07, 6.45) is 6.33. The normalized spacial score (nSPS) is 45.3. The Morgan fingerprint density at radius 3 is 2.38 bits per heavy atom. The second-order valence-electron chi connectivity index (χ2n) is 4.55. The molecule has 0 radical (unpaired) electrons. The Bertz CT molecular complexity index is 222. The Balaban J connectivity index is 2.16. The highest BCUT2D eigenvalue weighted by atomic mass is 16.3. The molecule has 13 heavy (non-hydrogen) atoms. The van der Waals surface area contributed by atoms with Crippen molar-refractivity contribution in [3.05, 3.63) is 11.6 Å². The van der Waals surface area contributed by atoms with E-state index in [1.807, 2.05) is 19.9 Å². The molecule has 0 aromatic heterocycles. The third-order valence-corrected chi connectivity index (χ3v) is 3.67. The molecule has 2 unspecified atom stereocenters. The van der Waals surface area contributed by atoms with E-state index in [1.165, 1.54) is 12.8 Å². The third-order valence-electron chi connectivity index (χ3n) is 3.67. The molecule has 0 spiro atoms. The molecule has 0 saturated carbocycles. The number of hydrogen-bond acceptors (Lipinski definition) is 2. The van der Waals surface area contributed by atoms with Crippen LogP contribution in [-0.2, 0) is 0 Å². The molecule has 2 aliphatic heterocycles. The van der Waals surface area contributed by atoms with E-state index in [0.29, 0.717) is 12.1 Å². The lowest BCUT2D eigenvalue weighted by molar-refractivity contribution is 0.0275. The lowest BCUT2D eigenvalue weighted by Gasteiger charge is -2.38. The van der Waals surface area contributed by atoms with Crippen LogP contribution in [0, 0.1) is 0 Å². The van der Waals surface area contributed by atoms with E-state index < -0.39 is 5.60 Å². The topological polar surface area (TPSA) is 32.3 Å². The molecule has 2 bridgehead atoms. The molecular formula is C11H19NO. The number of piperidine rings is 1. The van der Waals surface area contributed by atoms with Crippen molar-refractivity contribution in [3.8, 4) is 0 Å². The van der Waals surface area contributed by atoms with Gasteiger partial charge < -0.3 is 10.4 Å². The smallest absolute Gasteiger partial charge is 0.0883 e. The summed E-state index contributed by atoms with van der Waals surface area (Å²) in [5.74, 6) is 0. The minimum atomic E-state index is -0.508. The molecule has 2 fully saturated rings. The molecule has 2 atom stereocenters. The maximum Gasteiger partial charge on any atom is 0.0883 e. The van der Waals surface area contributed by atoms with Gasteiger partial charge >= 0.3 is 0 Å². The fraction of sp³-hybridized carbons (Fsp3) is 0.818. The lowest BCUT2D eigenvalue weighted by Crippen LogP contribution is -2.49. The van der Waals surface area contributed by atoms with Crippen LogP contribution in [0.2, 0.25) is 0 Å². The Labute approximate surface area is 80.0 Å². The van der Waals surface area contributed by atoms with Crippen LogP contribution in [0.25, 0.3) is 0 Å². The summed E-state index contributed by atoms with van der Waals surface area (Å²) in [5.41, 5.74) is 0.636. The summed E-state index contributed by atoms with van der Waals surface area (Å²) in [6.45, 7) is 4.06. The van der Waals surface area contributed by atoms with Gasteiger partial charge in [0.25, 0.3) is 0 Å². The summed E-state index contributed by atoms with van der Waals surface area (Å²) in [4.78, 5) is 0. The van der Waals surface area contributed by atoms with Crippen LogP contribution in [0.3, 0.4) is 0 Å². The lowest BCUT2D eigenvalue weighted by atomic mass is 9.82. The molecule has 2 rings (SSSR count). The largest absolute Gasteiger partial charge is 0.385 e. The van der Waals surface area contributed by atoms with Crippen molar-refractivity contribution in [2.45, 2.75) is 57.2 Å². The van der Waals surface area contributed by atoms with E-state index in [4.69, 9.17) is 0 Å². The molecule has 2 saturated heterocycles. The Hall–Kier alpha value is -0.340. The van der Waals surface area contributed by atoms with Gasteiger partial charge in [0, 0.05) is 12.1 Å². The number of fused-ring (bicyclic) bond motifs is 2. The van der Waals surface area contributed by atoms with Crippen LogP contribution < -0.4 is 5.32 Å². The highest BCUT2D eigenvalue weighted by molar-refractivity contribution is 5.18. The highest BCUT2D eigenvalue weighted by Crippen LogP contribution is 2.37. The molecule has 0 aliphatic carbocycles. The van der Waals surface area contributed by atoms with Gasteiger partial charge in [-0.15, -0.1) is 0 Å². The van der Waals surface area contributed by atoms with E-state index >= 15 is 0 Å². The number of aliphatic hydroxyl groups is 1. The molecule has 74 valence electrons. The van der Waals surface area contributed by atoms with Crippen molar-refractivity contribution in [2.24, 2.45) is 0 Å². The molecule has 2 heterocycles. The van der Waals surface area contributed by atoms with Gasteiger partial charge in [-0.3, -0.25) is 0 Å². The quantitative estimate of drug-likeness (QED) is 0.602. The van der Waals surface area contributed by atoms with Crippen LogP contribution in [0.5, 0.6) is 0 Å². The maximum absolute atomic E-state index is 10.4. The van der Waals surface area contributed by atoms with Crippen LogP contribution in [0.4, 0.5) is 0 Å².